The first-order chi connectivity index (χ1) is 3.29. The Bertz CT molecular complexity index is 115. The molecule has 0 saturated heterocycles. The van der Waals surface area contributed by atoms with Crippen LogP contribution in [0.2, 0.25) is 0 Å². The van der Waals surface area contributed by atoms with Crippen molar-refractivity contribution < 1.29 is 0 Å². The fraction of sp³-hybridized carbons (Fsp3) is 0.400. The lowest BCUT2D eigenvalue weighted by molar-refractivity contribution is 0.593. The Balaban J connectivity index is 2.58. The smallest absolute Gasteiger partial charge is 0.0909 e. The topological polar surface area (TPSA) is 15.6 Å². The summed E-state index contributed by atoms with van der Waals surface area (Å²) >= 11 is 0. The standard InChI is InChI=1S/C5H8N2/c1-5-3-7(2)4-6-5/h4H,1,3H2,2H3/i1+1,3+1,4+1,5+1. The van der Waals surface area contributed by atoms with E-state index < -0.39 is 0 Å². The summed E-state index contributed by atoms with van der Waals surface area (Å²) in [7, 11) is 1.97. The molecule has 1 heterocycles. The van der Waals surface area contributed by atoms with E-state index in [0.29, 0.717) is 0 Å². The molecule has 0 radical (unpaired) electrons. The van der Waals surface area contributed by atoms with E-state index in [9.17, 15) is 0 Å². The van der Waals surface area contributed by atoms with Gasteiger partial charge < -0.3 is 4.90 Å². The van der Waals surface area contributed by atoms with E-state index in [1.807, 2.05) is 11.9 Å². The summed E-state index contributed by atoms with van der Waals surface area (Å²) in [6.45, 7) is 4.55. The Morgan fingerprint density at radius 3 is 2.86 bits per heavy atom. The van der Waals surface area contributed by atoms with Crippen LogP contribution in [0.25, 0.3) is 0 Å². The van der Waals surface area contributed by atoms with Crippen LogP contribution in [0.15, 0.2) is 17.3 Å². The molecule has 0 aliphatic carbocycles. The van der Waals surface area contributed by atoms with Gasteiger partial charge in [-0.15, -0.1) is 0 Å². The van der Waals surface area contributed by atoms with Crippen molar-refractivity contribution in [2.45, 2.75) is 0 Å². The number of rotatable bonds is 0. The summed E-state index contributed by atoms with van der Waals surface area (Å²) in [5, 5.41) is 0. The van der Waals surface area contributed by atoms with Gasteiger partial charge in [0.05, 0.1) is 18.6 Å². The minimum absolute atomic E-state index is 0.889. The monoisotopic (exact) mass is 100 g/mol. The molecular weight excluding hydrogens is 92.0 g/mol. The highest BCUT2D eigenvalue weighted by Gasteiger charge is 2.00. The van der Waals surface area contributed by atoms with Gasteiger partial charge >= 0.3 is 0 Å². The molecule has 0 unspecified atom stereocenters. The van der Waals surface area contributed by atoms with Crippen molar-refractivity contribution in [2.75, 3.05) is 13.6 Å². The van der Waals surface area contributed by atoms with Crippen molar-refractivity contribution in [3.05, 3.63) is 12.3 Å². The number of hydrogen-bond donors (Lipinski definition) is 0. The lowest BCUT2D eigenvalue weighted by Crippen LogP contribution is -2.10. The van der Waals surface area contributed by atoms with E-state index in [1.54, 1.807) is 6.34 Å². The quantitative estimate of drug-likeness (QED) is 0.404. The van der Waals surface area contributed by atoms with Gasteiger partial charge in [0.25, 0.3) is 0 Å². The highest BCUT2D eigenvalue weighted by atomic mass is 15.5. The van der Waals surface area contributed by atoms with E-state index in [2.05, 4.69) is 11.6 Å². The molecule has 2 heteroatoms. The first-order valence-electron chi connectivity index (χ1n) is 2.21. The van der Waals surface area contributed by atoms with Crippen LogP contribution in [0.4, 0.5) is 0 Å². The van der Waals surface area contributed by atoms with Gasteiger partial charge in [0.1, 0.15) is 0 Å². The van der Waals surface area contributed by atoms with Gasteiger partial charge in [0.15, 0.2) is 0 Å². The summed E-state index contributed by atoms with van der Waals surface area (Å²) in [4.78, 5) is 5.91. The van der Waals surface area contributed by atoms with Gasteiger partial charge in [-0.3, -0.25) is 0 Å². The first kappa shape index (κ1) is 4.37. The normalized spacial score (nSPS) is 19.0. The van der Waals surface area contributed by atoms with Crippen molar-refractivity contribution in [3.8, 4) is 0 Å². The Kier molecular flexibility index (Phi) is 0.855. The largest absolute Gasteiger partial charge is 0.360 e. The highest BCUT2D eigenvalue weighted by Crippen LogP contribution is 1.99. The zero-order valence-electron chi connectivity index (χ0n) is 4.39. The molecule has 0 amide bonds. The molecule has 0 N–H and O–H groups in total. The predicted molar refractivity (Wildman–Crippen MR) is 30.3 cm³/mol. The molecule has 0 fully saturated rings. The summed E-state index contributed by atoms with van der Waals surface area (Å²) in [5.74, 6) is 0. The fourth-order valence-corrected chi connectivity index (χ4v) is 0.550. The minimum Gasteiger partial charge on any atom is -0.360 e. The fourth-order valence-electron chi connectivity index (χ4n) is 0.550. The average Bonchev–Trinajstić information content (AvgIpc) is 1.87. The van der Waals surface area contributed by atoms with E-state index in [1.165, 1.54) is 0 Å². The summed E-state index contributed by atoms with van der Waals surface area (Å²) < 4.78 is 0. The number of likely N-dealkylation sites (N-methyl/N-ethyl adjacent to an activating group) is 1. The molecule has 0 spiro atoms. The SMILES string of the molecule is CN1[13CH]=N[13C](=[13CH2])[13CH2]1. The molecule has 0 aromatic heterocycles. The molecule has 2 nitrogen and oxygen atoms in total. The van der Waals surface area contributed by atoms with E-state index >= 15 is 0 Å². The number of aliphatic imine (C=N–C) groups is 1. The second-order valence-electron chi connectivity index (χ2n) is 1.73. The average molecular weight is 100 g/mol. The van der Waals surface area contributed by atoms with Crippen molar-refractivity contribution in [3.63, 3.8) is 0 Å². The third kappa shape index (κ3) is 0.796. The molecule has 0 aromatic carbocycles. The van der Waals surface area contributed by atoms with Crippen molar-refractivity contribution >= 4 is 6.34 Å². The van der Waals surface area contributed by atoms with Crippen LogP contribution in [0.5, 0.6) is 0 Å². The van der Waals surface area contributed by atoms with Gasteiger partial charge in [-0.25, -0.2) is 4.99 Å². The van der Waals surface area contributed by atoms with Crippen LogP contribution in [-0.4, -0.2) is 24.8 Å². The molecule has 1 rings (SSSR count). The van der Waals surface area contributed by atoms with Crippen molar-refractivity contribution in [2.24, 2.45) is 4.99 Å². The van der Waals surface area contributed by atoms with Crippen LogP contribution in [0.1, 0.15) is 0 Å². The molecule has 0 aromatic rings. The Hall–Kier alpha value is -0.790. The minimum atomic E-state index is 0.889. The van der Waals surface area contributed by atoms with Gasteiger partial charge in [-0.05, 0) is 0 Å². The third-order valence-electron chi connectivity index (χ3n) is 0.869. The van der Waals surface area contributed by atoms with Gasteiger partial charge in [-0.2, -0.15) is 0 Å². The zero-order chi connectivity index (χ0) is 5.28. The van der Waals surface area contributed by atoms with Crippen LogP contribution in [-0.2, 0) is 0 Å². The molecule has 38 valence electrons. The Morgan fingerprint density at radius 1 is 2.00 bits per heavy atom. The van der Waals surface area contributed by atoms with Gasteiger partial charge in [-0.1, -0.05) is 6.58 Å². The second-order valence-corrected chi connectivity index (χ2v) is 1.73. The Morgan fingerprint density at radius 2 is 2.71 bits per heavy atom. The van der Waals surface area contributed by atoms with Crippen molar-refractivity contribution in [1.82, 2.24) is 4.90 Å². The molecule has 0 atom stereocenters. The molecule has 7 heavy (non-hydrogen) atoms. The molecular formula is C5H8N2. The maximum Gasteiger partial charge on any atom is 0.0909 e. The van der Waals surface area contributed by atoms with Gasteiger partial charge in [0.2, 0.25) is 0 Å². The first-order valence-corrected chi connectivity index (χ1v) is 2.21. The van der Waals surface area contributed by atoms with Crippen LogP contribution < -0.4 is 0 Å². The molecule has 1 aliphatic heterocycles. The predicted octanol–water partition coefficient (Wildman–Crippen LogP) is 0.474. The summed E-state index contributed by atoms with van der Waals surface area (Å²) in [5.41, 5.74) is 0.947. The summed E-state index contributed by atoms with van der Waals surface area (Å²) in [6, 6.07) is 0. The summed E-state index contributed by atoms with van der Waals surface area (Å²) in [6.07, 6.45) is 1.78. The number of hydrogen-bond acceptors (Lipinski definition) is 2. The third-order valence-corrected chi connectivity index (χ3v) is 0.869. The van der Waals surface area contributed by atoms with Crippen molar-refractivity contribution in [1.29, 1.82) is 0 Å². The van der Waals surface area contributed by atoms with E-state index in [-0.39, 0.29) is 0 Å². The van der Waals surface area contributed by atoms with E-state index in [4.69, 9.17) is 0 Å². The second kappa shape index (κ2) is 1.37. The molecule has 1 aliphatic rings. The number of nitrogens with zero attached hydrogens (tertiary/aromatic N) is 2. The van der Waals surface area contributed by atoms with Crippen LogP contribution in [0.3, 0.4) is 0 Å². The maximum absolute atomic E-state index is 3.92. The van der Waals surface area contributed by atoms with Crippen LogP contribution in [0, 0.1) is 0 Å². The van der Waals surface area contributed by atoms with Crippen LogP contribution >= 0.6 is 0 Å². The lowest BCUT2D eigenvalue weighted by atomic mass is 11.2. The van der Waals surface area contributed by atoms with Gasteiger partial charge in [0, 0.05) is 7.05 Å². The Labute approximate surface area is 43.2 Å². The lowest BCUT2D eigenvalue weighted by Gasteiger charge is -2.00. The highest BCUT2D eigenvalue weighted by molar-refractivity contribution is 5.60. The maximum atomic E-state index is 3.92. The zero-order valence-corrected chi connectivity index (χ0v) is 4.39. The van der Waals surface area contributed by atoms with E-state index in [0.717, 1.165) is 12.2 Å². The molecule has 0 bridgehead atoms. The molecule has 0 saturated carbocycles.